The zero-order valence-corrected chi connectivity index (χ0v) is 17.1. The number of ether oxygens (including phenoxy) is 2. The Balaban J connectivity index is 1.56. The lowest BCUT2D eigenvalue weighted by Gasteiger charge is -2.32. The smallest absolute Gasteiger partial charge is 0.227 e. The van der Waals surface area contributed by atoms with Crippen LogP contribution >= 0.6 is 0 Å². The van der Waals surface area contributed by atoms with E-state index >= 15 is 0 Å². The van der Waals surface area contributed by atoms with E-state index in [2.05, 4.69) is 16.8 Å². The van der Waals surface area contributed by atoms with Gasteiger partial charge in [-0.1, -0.05) is 6.07 Å². The SMILES string of the molecule is CCOc1ccc(CC(=O)N2CCC(C3CCN(C)CC3)C2)cc1OCC. The maximum absolute atomic E-state index is 12.8. The van der Waals surface area contributed by atoms with Gasteiger partial charge in [0.25, 0.3) is 0 Å². The first-order chi connectivity index (χ1) is 13.1. The van der Waals surface area contributed by atoms with E-state index in [1.807, 2.05) is 32.0 Å². The van der Waals surface area contributed by atoms with Gasteiger partial charge in [0, 0.05) is 13.1 Å². The van der Waals surface area contributed by atoms with Crippen LogP contribution < -0.4 is 9.47 Å². The van der Waals surface area contributed by atoms with E-state index < -0.39 is 0 Å². The summed E-state index contributed by atoms with van der Waals surface area (Å²) in [4.78, 5) is 17.3. The van der Waals surface area contributed by atoms with E-state index in [0.29, 0.717) is 25.6 Å². The first-order valence-corrected chi connectivity index (χ1v) is 10.5. The number of likely N-dealkylation sites (tertiary alicyclic amines) is 2. The van der Waals surface area contributed by atoms with Gasteiger partial charge in [-0.25, -0.2) is 0 Å². The highest BCUT2D eigenvalue weighted by Gasteiger charge is 2.33. The Bertz CT molecular complexity index is 626. The van der Waals surface area contributed by atoms with Crippen molar-refractivity contribution in [2.45, 2.75) is 39.5 Å². The Morgan fingerprint density at radius 3 is 2.37 bits per heavy atom. The first-order valence-electron chi connectivity index (χ1n) is 10.5. The molecule has 0 aromatic heterocycles. The molecule has 2 saturated heterocycles. The molecule has 1 amide bonds. The summed E-state index contributed by atoms with van der Waals surface area (Å²) in [7, 11) is 2.20. The van der Waals surface area contributed by atoms with Gasteiger partial charge in [0.1, 0.15) is 0 Å². The fourth-order valence-corrected chi connectivity index (χ4v) is 4.39. The fourth-order valence-electron chi connectivity index (χ4n) is 4.39. The fraction of sp³-hybridized carbons (Fsp3) is 0.682. The molecule has 5 heteroatoms. The topological polar surface area (TPSA) is 42.0 Å². The molecule has 0 radical (unpaired) electrons. The highest BCUT2D eigenvalue weighted by Crippen LogP contribution is 2.32. The van der Waals surface area contributed by atoms with Crippen LogP contribution in [0, 0.1) is 11.8 Å². The second kappa shape index (κ2) is 9.45. The van der Waals surface area contributed by atoms with Crippen LogP contribution in [0.3, 0.4) is 0 Å². The Labute approximate surface area is 163 Å². The third kappa shape index (κ3) is 5.16. The number of hydrogen-bond acceptors (Lipinski definition) is 4. The largest absolute Gasteiger partial charge is 0.490 e. The molecule has 3 rings (SSSR count). The molecule has 0 aliphatic carbocycles. The lowest BCUT2D eigenvalue weighted by molar-refractivity contribution is -0.129. The average Bonchev–Trinajstić information content (AvgIpc) is 3.15. The third-order valence-electron chi connectivity index (χ3n) is 5.97. The summed E-state index contributed by atoms with van der Waals surface area (Å²) in [5.41, 5.74) is 0.995. The van der Waals surface area contributed by atoms with E-state index in [0.717, 1.165) is 42.5 Å². The van der Waals surface area contributed by atoms with Crippen molar-refractivity contribution in [3.8, 4) is 11.5 Å². The quantitative estimate of drug-likeness (QED) is 0.735. The van der Waals surface area contributed by atoms with Crippen LogP contribution in [-0.2, 0) is 11.2 Å². The summed E-state index contributed by atoms with van der Waals surface area (Å²) < 4.78 is 11.3. The zero-order valence-electron chi connectivity index (χ0n) is 17.1. The number of benzene rings is 1. The van der Waals surface area contributed by atoms with E-state index in [-0.39, 0.29) is 5.91 Å². The summed E-state index contributed by atoms with van der Waals surface area (Å²) in [6.45, 7) is 9.34. The van der Waals surface area contributed by atoms with Gasteiger partial charge in [-0.05, 0) is 82.8 Å². The summed E-state index contributed by atoms with van der Waals surface area (Å²) in [6.07, 6.45) is 4.15. The van der Waals surface area contributed by atoms with Crippen molar-refractivity contribution in [2.75, 3.05) is 46.4 Å². The summed E-state index contributed by atoms with van der Waals surface area (Å²) in [6, 6.07) is 5.86. The van der Waals surface area contributed by atoms with Crippen LogP contribution in [-0.4, -0.2) is 62.1 Å². The number of amides is 1. The van der Waals surface area contributed by atoms with Crippen molar-refractivity contribution in [3.05, 3.63) is 23.8 Å². The number of nitrogens with zero attached hydrogens (tertiary/aromatic N) is 2. The molecule has 1 atom stereocenters. The van der Waals surface area contributed by atoms with Gasteiger partial charge >= 0.3 is 0 Å². The lowest BCUT2D eigenvalue weighted by atomic mass is 9.84. The molecule has 0 spiro atoms. The summed E-state index contributed by atoms with van der Waals surface area (Å²) >= 11 is 0. The molecule has 0 bridgehead atoms. The van der Waals surface area contributed by atoms with Crippen molar-refractivity contribution in [2.24, 2.45) is 11.8 Å². The Morgan fingerprint density at radius 1 is 1.00 bits per heavy atom. The highest BCUT2D eigenvalue weighted by atomic mass is 16.5. The number of hydrogen-bond donors (Lipinski definition) is 0. The average molecular weight is 375 g/mol. The van der Waals surface area contributed by atoms with Crippen LogP contribution in [0.25, 0.3) is 0 Å². The van der Waals surface area contributed by atoms with Gasteiger partial charge in [0.15, 0.2) is 11.5 Å². The van der Waals surface area contributed by atoms with Crippen molar-refractivity contribution in [1.82, 2.24) is 9.80 Å². The van der Waals surface area contributed by atoms with E-state index in [4.69, 9.17) is 9.47 Å². The first kappa shape index (κ1) is 20.0. The Kier molecular flexibility index (Phi) is 7.00. The predicted octanol–water partition coefficient (Wildman–Crippen LogP) is 3.22. The molecule has 150 valence electrons. The second-order valence-electron chi connectivity index (χ2n) is 7.85. The molecule has 5 nitrogen and oxygen atoms in total. The minimum Gasteiger partial charge on any atom is -0.490 e. The standard InChI is InChI=1S/C22H34N2O3/c1-4-26-20-7-6-17(14-21(20)27-5-2)15-22(25)24-13-10-19(16-24)18-8-11-23(3)12-9-18/h6-7,14,18-19H,4-5,8-13,15-16H2,1-3H3. The third-order valence-corrected chi connectivity index (χ3v) is 5.97. The van der Waals surface area contributed by atoms with E-state index in [1.165, 1.54) is 25.9 Å². The number of rotatable bonds is 7. The maximum Gasteiger partial charge on any atom is 0.227 e. The molecule has 1 unspecified atom stereocenters. The predicted molar refractivity (Wildman–Crippen MR) is 107 cm³/mol. The summed E-state index contributed by atoms with van der Waals surface area (Å²) in [5, 5.41) is 0. The Hall–Kier alpha value is -1.75. The van der Waals surface area contributed by atoms with Crippen LogP contribution in [0.5, 0.6) is 11.5 Å². The molecule has 27 heavy (non-hydrogen) atoms. The highest BCUT2D eigenvalue weighted by molar-refractivity contribution is 5.79. The molecule has 1 aromatic carbocycles. The molecular weight excluding hydrogens is 340 g/mol. The molecule has 2 fully saturated rings. The Morgan fingerprint density at radius 2 is 1.67 bits per heavy atom. The lowest BCUT2D eigenvalue weighted by Crippen LogP contribution is -2.35. The van der Waals surface area contributed by atoms with Crippen molar-refractivity contribution < 1.29 is 14.3 Å². The summed E-state index contributed by atoms with van der Waals surface area (Å²) in [5.74, 6) is 3.18. The minimum atomic E-state index is 0.233. The van der Waals surface area contributed by atoms with Gasteiger partial charge in [-0.15, -0.1) is 0 Å². The number of carbonyl (C=O) groups is 1. The molecule has 0 N–H and O–H groups in total. The van der Waals surface area contributed by atoms with Gasteiger partial charge < -0.3 is 19.3 Å². The molecule has 1 aromatic rings. The molecule has 0 saturated carbocycles. The van der Waals surface area contributed by atoms with Gasteiger partial charge in [0.05, 0.1) is 19.6 Å². The minimum absolute atomic E-state index is 0.233. The van der Waals surface area contributed by atoms with Crippen LogP contribution in [0.4, 0.5) is 0 Å². The van der Waals surface area contributed by atoms with Crippen molar-refractivity contribution in [1.29, 1.82) is 0 Å². The van der Waals surface area contributed by atoms with E-state index in [1.54, 1.807) is 0 Å². The van der Waals surface area contributed by atoms with Crippen molar-refractivity contribution in [3.63, 3.8) is 0 Å². The van der Waals surface area contributed by atoms with Crippen LogP contribution in [0.15, 0.2) is 18.2 Å². The molecule has 2 aliphatic heterocycles. The van der Waals surface area contributed by atoms with Gasteiger partial charge in [0.2, 0.25) is 5.91 Å². The van der Waals surface area contributed by atoms with Gasteiger partial charge in [-0.3, -0.25) is 4.79 Å². The van der Waals surface area contributed by atoms with Crippen LogP contribution in [0.2, 0.25) is 0 Å². The molecule has 2 aliphatic rings. The van der Waals surface area contributed by atoms with Gasteiger partial charge in [-0.2, -0.15) is 0 Å². The number of carbonyl (C=O) groups excluding carboxylic acids is 1. The number of piperidine rings is 1. The zero-order chi connectivity index (χ0) is 19.2. The monoisotopic (exact) mass is 374 g/mol. The molecule has 2 heterocycles. The van der Waals surface area contributed by atoms with E-state index in [9.17, 15) is 4.79 Å². The maximum atomic E-state index is 12.8. The normalized spacial score (nSPS) is 21.4. The van der Waals surface area contributed by atoms with Crippen molar-refractivity contribution >= 4 is 5.91 Å². The molecular formula is C22H34N2O3. The second-order valence-corrected chi connectivity index (χ2v) is 7.85. The van der Waals surface area contributed by atoms with Crippen LogP contribution in [0.1, 0.15) is 38.7 Å².